The number of amidine groups is 1. The first-order valence-electron chi connectivity index (χ1n) is 7.68. The van der Waals surface area contributed by atoms with Gasteiger partial charge in [0, 0.05) is 18.1 Å². The van der Waals surface area contributed by atoms with E-state index in [-0.39, 0.29) is 24.2 Å². The number of ether oxygens (including phenoxy) is 2. The molecular formula is C16H14N5O4+. The van der Waals surface area contributed by atoms with E-state index in [1.54, 1.807) is 19.1 Å². The molecule has 25 heavy (non-hydrogen) atoms. The van der Waals surface area contributed by atoms with E-state index in [9.17, 15) is 20.6 Å². The van der Waals surface area contributed by atoms with Gasteiger partial charge in [0.2, 0.25) is 0 Å². The van der Waals surface area contributed by atoms with Crippen LogP contribution in [0.3, 0.4) is 0 Å². The summed E-state index contributed by atoms with van der Waals surface area (Å²) in [5.41, 5.74) is 3.95. The van der Waals surface area contributed by atoms with Gasteiger partial charge < -0.3 is 9.47 Å². The molecule has 1 aromatic carbocycles. The van der Waals surface area contributed by atoms with Gasteiger partial charge >= 0.3 is 5.91 Å². The van der Waals surface area contributed by atoms with Crippen LogP contribution in [0.25, 0.3) is 0 Å². The molecule has 5 atom stereocenters. The van der Waals surface area contributed by atoms with Gasteiger partial charge in [0.05, 0.1) is 29.8 Å². The zero-order valence-corrected chi connectivity index (χ0v) is 13.2. The number of nitrogens with one attached hydrogen (secondary N) is 1. The maximum absolute atomic E-state index is 10.9. The fraction of sp³-hybridized carbons (Fsp3) is 0.438. The minimum Gasteiger partial charge on any atom is -0.311 e. The fourth-order valence-electron chi connectivity index (χ4n) is 4.25. The molecule has 126 valence electrons. The average molecular weight is 340 g/mol. The molecule has 1 aromatic rings. The second-order valence-electron chi connectivity index (χ2n) is 6.52. The molecule has 9 nitrogen and oxygen atoms in total. The van der Waals surface area contributed by atoms with Crippen LogP contribution in [0, 0.1) is 43.6 Å². The number of hydrogen-bond acceptors (Lipinski definition) is 7. The second-order valence-corrected chi connectivity index (χ2v) is 6.52. The molecule has 0 aromatic heterocycles. The van der Waals surface area contributed by atoms with Crippen LogP contribution in [0.2, 0.25) is 0 Å². The lowest BCUT2D eigenvalue weighted by Crippen LogP contribution is -2.90. The highest BCUT2D eigenvalue weighted by Gasteiger charge is 2.97. The van der Waals surface area contributed by atoms with Crippen molar-refractivity contribution < 1.29 is 19.4 Å². The second kappa shape index (κ2) is 4.54. The third-order valence-corrected chi connectivity index (χ3v) is 5.33. The zero-order chi connectivity index (χ0) is 18.0. The molecule has 0 unspecified atom stereocenters. The molecule has 3 aliphatic rings. The van der Waals surface area contributed by atoms with Gasteiger partial charge in [-0.3, -0.25) is 15.8 Å². The van der Waals surface area contributed by atoms with E-state index >= 15 is 0 Å². The molecule has 3 N–H and O–H groups in total. The van der Waals surface area contributed by atoms with Crippen LogP contribution in [0.15, 0.2) is 24.3 Å². The molecule has 4 rings (SSSR count). The van der Waals surface area contributed by atoms with Crippen molar-refractivity contribution in [3.05, 3.63) is 39.9 Å². The number of nitriles is 2. The van der Waals surface area contributed by atoms with Crippen molar-refractivity contribution in [3.8, 4) is 12.1 Å². The van der Waals surface area contributed by atoms with Gasteiger partial charge in [-0.1, -0.05) is 12.1 Å². The normalized spacial score (nSPS) is 40.8. The van der Waals surface area contributed by atoms with E-state index < -0.39 is 27.6 Å². The van der Waals surface area contributed by atoms with Crippen molar-refractivity contribution in [3.63, 3.8) is 0 Å². The van der Waals surface area contributed by atoms with Gasteiger partial charge in [0.15, 0.2) is 10.8 Å². The maximum Gasteiger partial charge on any atom is 0.343 e. The Hall–Kier alpha value is -3.01. The Morgan fingerprint density at radius 2 is 2.04 bits per heavy atom. The summed E-state index contributed by atoms with van der Waals surface area (Å²) in [5, 5.41) is 30.7. The number of rotatable bonds is 2. The van der Waals surface area contributed by atoms with Gasteiger partial charge in [0.1, 0.15) is 0 Å². The van der Waals surface area contributed by atoms with E-state index in [1.807, 2.05) is 0 Å². The minimum atomic E-state index is -1.49. The van der Waals surface area contributed by atoms with E-state index in [0.717, 1.165) is 0 Å². The molecule has 1 saturated carbocycles. The topological polar surface area (TPSA) is 149 Å². The summed E-state index contributed by atoms with van der Waals surface area (Å²) in [6.45, 7) is 2.06. The van der Waals surface area contributed by atoms with Crippen molar-refractivity contribution in [1.29, 1.82) is 10.5 Å². The van der Waals surface area contributed by atoms with E-state index in [0.29, 0.717) is 5.56 Å². The average Bonchev–Trinajstić information content (AvgIpc) is 2.99. The predicted octanol–water partition coefficient (Wildman–Crippen LogP) is -0.748. The molecule has 2 fully saturated rings. The molecule has 2 aliphatic heterocycles. The summed E-state index contributed by atoms with van der Waals surface area (Å²) >= 11 is 0. The number of nitrogens with two attached hydrogens (primary N) is 1. The highest BCUT2D eigenvalue weighted by molar-refractivity contribution is 5.95. The number of nitro benzene ring substituents is 1. The van der Waals surface area contributed by atoms with Gasteiger partial charge in [-0.15, -0.1) is 0 Å². The number of nitrogens with zero attached hydrogens (tertiary/aromatic N) is 3. The highest BCUT2D eigenvalue weighted by Crippen LogP contribution is 2.79. The largest absolute Gasteiger partial charge is 0.343 e. The van der Waals surface area contributed by atoms with Crippen LogP contribution in [-0.2, 0) is 9.47 Å². The fourth-order valence-corrected chi connectivity index (χ4v) is 4.25. The standard InChI is InChI=1S/C16H13N5O4/c1-9-6-24-16(25-9)15(8-18)12(14(15,7-17)13(19)20-16)10-2-4-11(5-3-10)21(22)23/h2-5,9,12H,6H2,1H3,(H2,19,20)/p+1/t9-,12-,14-,15-,16-/m1/s1. The summed E-state index contributed by atoms with van der Waals surface area (Å²) in [5.74, 6) is -1.98. The number of fused-ring (bicyclic) bond motifs is 2. The van der Waals surface area contributed by atoms with Crippen LogP contribution in [0.5, 0.6) is 0 Å². The van der Waals surface area contributed by atoms with Crippen molar-refractivity contribution >= 4 is 11.5 Å². The molecule has 1 aliphatic carbocycles. The van der Waals surface area contributed by atoms with E-state index in [2.05, 4.69) is 17.1 Å². The third-order valence-electron chi connectivity index (χ3n) is 5.33. The maximum atomic E-state index is 10.9. The number of nitro groups is 1. The molecule has 1 spiro atoms. The summed E-state index contributed by atoms with van der Waals surface area (Å²) in [4.78, 5) is 13.2. The Bertz CT molecular complexity index is 901. The number of non-ortho nitro benzene ring substituents is 1. The smallest absolute Gasteiger partial charge is 0.311 e. The number of hydrogen-bond donors (Lipinski definition) is 2. The van der Waals surface area contributed by atoms with Gasteiger partial charge in [0.25, 0.3) is 11.5 Å². The van der Waals surface area contributed by atoms with Crippen molar-refractivity contribution in [2.45, 2.75) is 24.9 Å². The summed E-state index contributed by atoms with van der Waals surface area (Å²) in [6.07, 6.45) is -0.266. The lowest BCUT2D eigenvalue weighted by molar-refractivity contribution is -0.677. The molecule has 1 saturated heterocycles. The molecule has 0 radical (unpaired) electrons. The lowest BCUT2D eigenvalue weighted by Gasteiger charge is -2.23. The highest BCUT2D eigenvalue weighted by atomic mass is 16.8. The molecular weight excluding hydrogens is 326 g/mol. The van der Waals surface area contributed by atoms with E-state index in [1.165, 1.54) is 12.1 Å². The van der Waals surface area contributed by atoms with E-state index in [4.69, 9.17) is 15.2 Å². The first-order chi connectivity index (χ1) is 11.9. The van der Waals surface area contributed by atoms with Crippen LogP contribution < -0.4 is 10.7 Å². The van der Waals surface area contributed by atoms with Crippen LogP contribution >= 0.6 is 0 Å². The Labute approximate surface area is 142 Å². The van der Waals surface area contributed by atoms with Crippen molar-refractivity contribution in [1.82, 2.24) is 0 Å². The van der Waals surface area contributed by atoms with Gasteiger partial charge in [-0.05, 0) is 12.5 Å². The quantitative estimate of drug-likeness (QED) is 0.531. The van der Waals surface area contributed by atoms with Crippen LogP contribution in [0.4, 0.5) is 5.69 Å². The Balaban J connectivity index is 1.85. The van der Waals surface area contributed by atoms with Crippen LogP contribution in [-0.4, -0.2) is 29.4 Å². The molecule has 0 bridgehead atoms. The number of benzene rings is 1. The summed E-state index contributed by atoms with van der Waals surface area (Å²) in [6, 6.07) is 10.1. The van der Waals surface area contributed by atoms with Gasteiger partial charge in [-0.2, -0.15) is 10.5 Å². The van der Waals surface area contributed by atoms with Crippen LogP contribution in [0.1, 0.15) is 18.4 Å². The Morgan fingerprint density at radius 3 is 2.52 bits per heavy atom. The monoisotopic (exact) mass is 340 g/mol. The summed E-state index contributed by atoms with van der Waals surface area (Å²) < 4.78 is 11.6. The molecule has 2 heterocycles. The van der Waals surface area contributed by atoms with Crippen molar-refractivity contribution in [2.75, 3.05) is 6.61 Å². The summed E-state index contributed by atoms with van der Waals surface area (Å²) in [7, 11) is 0. The SMILES string of the molecule is C[C@@H]1CO[C@@]2([NH+]=C(N)[C@@]3(C#N)[C@@H](c4ccc([N+](=O)[O-])cc4)[C@@]23C#N)O1. The molecule has 9 heteroatoms. The van der Waals surface area contributed by atoms with Gasteiger partial charge in [-0.25, -0.2) is 4.99 Å². The lowest BCUT2D eigenvalue weighted by atomic mass is 9.94. The third kappa shape index (κ3) is 1.50. The first-order valence-corrected chi connectivity index (χ1v) is 7.68. The Morgan fingerprint density at radius 1 is 1.36 bits per heavy atom. The Kier molecular flexibility index (Phi) is 2.82. The minimum absolute atomic E-state index is 0.0710. The molecule has 0 amide bonds. The van der Waals surface area contributed by atoms with Crippen molar-refractivity contribution in [2.24, 2.45) is 16.6 Å². The predicted molar refractivity (Wildman–Crippen MR) is 81.3 cm³/mol. The first kappa shape index (κ1) is 15.5. The zero-order valence-electron chi connectivity index (χ0n) is 13.2.